The van der Waals surface area contributed by atoms with E-state index >= 15 is 0 Å². The fourth-order valence-corrected chi connectivity index (χ4v) is 4.47. The number of nitrogens with two attached hydrogens (primary N) is 1. The molecule has 1 aromatic carbocycles. The third-order valence-electron chi connectivity index (χ3n) is 6.00. The molecule has 0 spiro atoms. The Labute approximate surface area is 177 Å². The van der Waals surface area contributed by atoms with Crippen molar-refractivity contribution in [2.24, 2.45) is 5.73 Å². The zero-order valence-electron chi connectivity index (χ0n) is 17.6. The number of anilines is 1. The second-order valence-corrected chi connectivity index (χ2v) is 8.09. The highest BCUT2D eigenvalue weighted by Crippen LogP contribution is 2.30. The number of carbonyl (C=O) groups excluding carboxylic acids is 2. The molecule has 1 aromatic heterocycles. The molecule has 2 aliphatic rings. The van der Waals surface area contributed by atoms with Crippen LogP contribution in [0.25, 0.3) is 5.69 Å². The topological polar surface area (TPSA) is 89.6 Å². The van der Waals surface area contributed by atoms with Crippen LogP contribution in [0.4, 0.5) is 5.69 Å². The Morgan fingerprint density at radius 1 is 1.20 bits per heavy atom. The Morgan fingerprint density at radius 3 is 2.77 bits per heavy atom. The minimum Gasteiger partial charge on any atom is -0.384 e. The third kappa shape index (κ3) is 4.27. The van der Waals surface area contributed by atoms with Crippen molar-refractivity contribution >= 4 is 17.4 Å². The van der Waals surface area contributed by atoms with Gasteiger partial charge in [0.15, 0.2) is 5.78 Å². The lowest BCUT2D eigenvalue weighted by Gasteiger charge is -2.26. The molecule has 4 rings (SSSR count). The van der Waals surface area contributed by atoms with Crippen molar-refractivity contribution in [2.75, 3.05) is 44.7 Å². The molecule has 0 atom stereocenters. The second kappa shape index (κ2) is 9.02. The summed E-state index contributed by atoms with van der Waals surface area (Å²) in [5, 5.41) is 3.41. The van der Waals surface area contributed by atoms with Crippen LogP contribution in [0.3, 0.4) is 0 Å². The van der Waals surface area contributed by atoms with Gasteiger partial charge in [0.2, 0.25) is 0 Å². The number of aromatic nitrogens is 1. The summed E-state index contributed by atoms with van der Waals surface area (Å²) in [5.74, 6) is -0.230. The maximum atomic E-state index is 12.3. The van der Waals surface area contributed by atoms with E-state index in [0.29, 0.717) is 12.0 Å². The van der Waals surface area contributed by atoms with Crippen molar-refractivity contribution in [3.05, 3.63) is 46.8 Å². The van der Waals surface area contributed by atoms with Gasteiger partial charge in [0.1, 0.15) is 0 Å². The molecule has 0 unspecified atom stereocenters. The van der Waals surface area contributed by atoms with E-state index in [1.807, 2.05) is 25.1 Å². The number of primary amides is 1. The van der Waals surface area contributed by atoms with Crippen molar-refractivity contribution in [1.29, 1.82) is 0 Å². The van der Waals surface area contributed by atoms with E-state index in [4.69, 9.17) is 10.5 Å². The van der Waals surface area contributed by atoms with Crippen LogP contribution in [0.2, 0.25) is 0 Å². The van der Waals surface area contributed by atoms with Gasteiger partial charge in [-0.05, 0) is 57.0 Å². The van der Waals surface area contributed by atoms with Gasteiger partial charge in [-0.2, -0.15) is 0 Å². The Morgan fingerprint density at radius 2 is 2.00 bits per heavy atom. The first-order valence-electron chi connectivity index (χ1n) is 10.8. The Hall–Kier alpha value is -2.64. The summed E-state index contributed by atoms with van der Waals surface area (Å²) in [6.07, 6.45) is 3.35. The number of hydrogen-bond donors (Lipinski definition) is 2. The molecule has 30 heavy (non-hydrogen) atoms. The minimum atomic E-state index is -0.446. The number of amides is 1. The average molecular weight is 411 g/mol. The SMILES string of the molecule is Cc1cc2c(n1-c1ccc(C(N)=O)c(NCCCN3CCOCC3)c1)CCCC2=O. The zero-order chi connectivity index (χ0) is 21.1. The fourth-order valence-electron chi connectivity index (χ4n) is 4.47. The third-order valence-corrected chi connectivity index (χ3v) is 6.00. The molecule has 2 aromatic rings. The van der Waals surface area contributed by atoms with Gasteiger partial charge >= 0.3 is 0 Å². The van der Waals surface area contributed by atoms with Crippen LogP contribution in [-0.2, 0) is 11.2 Å². The predicted molar refractivity (Wildman–Crippen MR) is 117 cm³/mol. The van der Waals surface area contributed by atoms with Gasteiger partial charge in [-0.3, -0.25) is 14.5 Å². The number of ether oxygens (including phenoxy) is 1. The molecule has 160 valence electrons. The van der Waals surface area contributed by atoms with Crippen LogP contribution in [-0.4, -0.2) is 60.6 Å². The van der Waals surface area contributed by atoms with Crippen LogP contribution in [0.15, 0.2) is 24.3 Å². The number of Topliss-reactive ketones (excluding diaryl/α,β-unsaturated/α-hetero) is 1. The number of morpholine rings is 1. The molecule has 1 aliphatic carbocycles. The van der Waals surface area contributed by atoms with Gasteiger partial charge in [-0.15, -0.1) is 0 Å². The smallest absolute Gasteiger partial charge is 0.250 e. The van der Waals surface area contributed by atoms with Gasteiger partial charge in [-0.25, -0.2) is 0 Å². The molecule has 1 amide bonds. The summed E-state index contributed by atoms with van der Waals surface area (Å²) in [6, 6.07) is 7.64. The van der Waals surface area contributed by atoms with E-state index in [1.54, 1.807) is 6.07 Å². The highest BCUT2D eigenvalue weighted by Gasteiger charge is 2.23. The monoisotopic (exact) mass is 410 g/mol. The molecule has 1 saturated heterocycles. The lowest BCUT2D eigenvalue weighted by Crippen LogP contribution is -2.37. The number of aryl methyl sites for hydroxylation is 1. The Balaban J connectivity index is 1.53. The van der Waals surface area contributed by atoms with Gasteiger partial charge in [-0.1, -0.05) is 0 Å². The molecule has 7 nitrogen and oxygen atoms in total. The number of hydrogen-bond acceptors (Lipinski definition) is 5. The summed E-state index contributed by atoms with van der Waals surface area (Å²) in [6.45, 7) is 7.30. The zero-order valence-corrected chi connectivity index (χ0v) is 17.6. The molecule has 2 heterocycles. The maximum Gasteiger partial charge on any atom is 0.250 e. The first kappa shape index (κ1) is 20.6. The molecule has 1 aliphatic heterocycles. The van der Waals surface area contributed by atoms with Crippen LogP contribution >= 0.6 is 0 Å². The van der Waals surface area contributed by atoms with Crippen molar-refractivity contribution < 1.29 is 14.3 Å². The maximum absolute atomic E-state index is 12.3. The lowest BCUT2D eigenvalue weighted by molar-refractivity contribution is 0.0378. The fraction of sp³-hybridized carbons (Fsp3) is 0.478. The van der Waals surface area contributed by atoms with Crippen molar-refractivity contribution in [3.8, 4) is 5.69 Å². The largest absolute Gasteiger partial charge is 0.384 e. The number of benzene rings is 1. The minimum absolute atomic E-state index is 0.216. The van der Waals surface area contributed by atoms with Gasteiger partial charge in [0.25, 0.3) is 5.91 Å². The first-order valence-corrected chi connectivity index (χ1v) is 10.8. The summed E-state index contributed by atoms with van der Waals surface area (Å²) >= 11 is 0. The van der Waals surface area contributed by atoms with Crippen molar-refractivity contribution in [3.63, 3.8) is 0 Å². The van der Waals surface area contributed by atoms with E-state index in [2.05, 4.69) is 14.8 Å². The number of carbonyl (C=O) groups is 2. The van der Waals surface area contributed by atoms with Crippen LogP contribution in [0, 0.1) is 6.92 Å². The summed E-state index contributed by atoms with van der Waals surface area (Å²) in [4.78, 5) is 26.6. The number of fused-ring (bicyclic) bond motifs is 1. The Kier molecular flexibility index (Phi) is 6.20. The van der Waals surface area contributed by atoms with E-state index < -0.39 is 5.91 Å². The molecule has 1 fully saturated rings. The molecular formula is C23H30N4O3. The van der Waals surface area contributed by atoms with Crippen LogP contribution < -0.4 is 11.1 Å². The predicted octanol–water partition coefficient (Wildman–Crippen LogP) is 2.54. The second-order valence-electron chi connectivity index (χ2n) is 8.09. The van der Waals surface area contributed by atoms with E-state index in [0.717, 1.165) is 87.0 Å². The van der Waals surface area contributed by atoms with E-state index in [9.17, 15) is 9.59 Å². The van der Waals surface area contributed by atoms with Crippen molar-refractivity contribution in [2.45, 2.75) is 32.6 Å². The lowest BCUT2D eigenvalue weighted by atomic mass is 9.96. The van der Waals surface area contributed by atoms with Crippen LogP contribution in [0.5, 0.6) is 0 Å². The molecule has 3 N–H and O–H groups in total. The summed E-state index contributed by atoms with van der Waals surface area (Å²) < 4.78 is 7.52. The quantitative estimate of drug-likeness (QED) is 0.685. The molecule has 0 saturated carbocycles. The molecule has 0 radical (unpaired) electrons. The number of nitrogens with one attached hydrogen (secondary N) is 1. The highest BCUT2D eigenvalue weighted by atomic mass is 16.5. The number of rotatable bonds is 7. The molecular weight excluding hydrogens is 380 g/mol. The number of ketones is 1. The van der Waals surface area contributed by atoms with Crippen molar-refractivity contribution in [1.82, 2.24) is 9.47 Å². The first-order chi connectivity index (χ1) is 14.5. The normalized spacial score (nSPS) is 17.0. The Bertz CT molecular complexity index is 944. The van der Waals surface area contributed by atoms with Gasteiger partial charge in [0, 0.05) is 54.4 Å². The van der Waals surface area contributed by atoms with Gasteiger partial charge < -0.3 is 20.4 Å². The van der Waals surface area contributed by atoms with Crippen LogP contribution in [0.1, 0.15) is 51.4 Å². The van der Waals surface area contributed by atoms with Gasteiger partial charge in [0.05, 0.1) is 18.8 Å². The van der Waals surface area contributed by atoms with E-state index in [1.165, 1.54) is 0 Å². The summed E-state index contributed by atoms with van der Waals surface area (Å²) in [7, 11) is 0. The summed E-state index contributed by atoms with van der Waals surface area (Å²) in [5.41, 5.74) is 10.7. The number of nitrogens with zero attached hydrogens (tertiary/aromatic N) is 2. The average Bonchev–Trinajstić information content (AvgIpc) is 3.09. The van der Waals surface area contributed by atoms with E-state index in [-0.39, 0.29) is 5.78 Å². The molecule has 7 heteroatoms. The standard InChI is InChI=1S/C23H30N4O3/c1-16-14-19-21(4-2-5-22(19)28)27(16)17-6-7-18(23(24)29)20(15-17)25-8-3-9-26-10-12-30-13-11-26/h6-7,14-15,25H,2-5,8-13H2,1H3,(H2,24,29). The highest BCUT2D eigenvalue weighted by molar-refractivity contribution is 6.00. The molecule has 0 bridgehead atoms.